The van der Waals surface area contributed by atoms with Gasteiger partial charge in [-0.05, 0) is 73.1 Å². The van der Waals surface area contributed by atoms with E-state index >= 15 is 0 Å². The first-order chi connectivity index (χ1) is 15.5. The molecule has 0 aliphatic heterocycles. The van der Waals surface area contributed by atoms with Crippen LogP contribution in [0.2, 0.25) is 5.02 Å². The van der Waals surface area contributed by atoms with Crippen LogP contribution in [-0.2, 0) is 22.4 Å². The van der Waals surface area contributed by atoms with Gasteiger partial charge in [-0.3, -0.25) is 4.79 Å². The Morgan fingerprint density at radius 2 is 1.84 bits per heavy atom. The number of carbonyl (C=O) groups excluding carboxylic acids is 2. The van der Waals surface area contributed by atoms with E-state index in [1.54, 1.807) is 25.1 Å². The smallest absolute Gasteiger partial charge is 0.341 e. The number of thiophene rings is 1. The molecule has 1 heterocycles. The Morgan fingerprint density at radius 3 is 2.59 bits per heavy atom. The van der Waals surface area contributed by atoms with Crippen molar-refractivity contribution in [3.63, 3.8) is 0 Å². The van der Waals surface area contributed by atoms with Gasteiger partial charge in [0.2, 0.25) is 5.91 Å². The Labute approximate surface area is 196 Å². The zero-order valence-corrected chi connectivity index (χ0v) is 19.4. The van der Waals surface area contributed by atoms with Crippen molar-refractivity contribution in [1.29, 1.82) is 0 Å². The Kier molecular flexibility index (Phi) is 7.08. The summed E-state index contributed by atoms with van der Waals surface area (Å²) in [7, 11) is 0. The van der Waals surface area contributed by atoms with E-state index in [0.29, 0.717) is 15.6 Å². The van der Waals surface area contributed by atoms with E-state index in [0.717, 1.165) is 29.5 Å². The number of hydrogen-bond acceptors (Lipinski definition) is 4. The standard InChI is InChI=1S/C26H24ClNO3S/c1-2-31-26(30)24-22(20-11-10-18-5-3-4-6-19(18)15-20)16-32-25(24)28-23(29)14-9-17-7-12-21(27)13-8-17/h7-16H,2-6H2,1H3,(H,28,29)/b14-9+. The molecule has 0 bridgehead atoms. The van der Waals surface area contributed by atoms with Crippen LogP contribution in [0.15, 0.2) is 53.9 Å². The maximum atomic E-state index is 12.8. The number of halogens is 1. The van der Waals surface area contributed by atoms with Crippen LogP contribution in [0, 0.1) is 0 Å². The second-order valence-corrected chi connectivity index (χ2v) is 8.95. The highest BCUT2D eigenvalue weighted by Crippen LogP contribution is 2.38. The van der Waals surface area contributed by atoms with Crippen molar-refractivity contribution in [2.45, 2.75) is 32.6 Å². The van der Waals surface area contributed by atoms with Crippen LogP contribution in [0.3, 0.4) is 0 Å². The molecule has 3 aromatic rings. The molecule has 0 spiro atoms. The summed E-state index contributed by atoms with van der Waals surface area (Å²) < 4.78 is 5.31. The molecule has 2 aromatic carbocycles. The first-order valence-corrected chi connectivity index (χ1v) is 12.0. The van der Waals surface area contributed by atoms with Gasteiger partial charge < -0.3 is 10.1 Å². The van der Waals surface area contributed by atoms with Crippen molar-refractivity contribution in [3.8, 4) is 11.1 Å². The van der Waals surface area contributed by atoms with E-state index in [1.165, 1.54) is 41.4 Å². The van der Waals surface area contributed by atoms with Crippen LogP contribution in [0.25, 0.3) is 17.2 Å². The van der Waals surface area contributed by atoms with Crippen LogP contribution in [0.1, 0.15) is 46.8 Å². The largest absolute Gasteiger partial charge is 0.462 e. The van der Waals surface area contributed by atoms with Crippen LogP contribution < -0.4 is 5.32 Å². The second-order valence-electron chi connectivity index (χ2n) is 7.64. The van der Waals surface area contributed by atoms with Crippen molar-refractivity contribution in [2.24, 2.45) is 0 Å². The molecular formula is C26H24ClNO3S. The molecular weight excluding hydrogens is 442 g/mol. The van der Waals surface area contributed by atoms with Crippen LogP contribution >= 0.6 is 22.9 Å². The highest BCUT2D eigenvalue weighted by atomic mass is 35.5. The van der Waals surface area contributed by atoms with E-state index in [-0.39, 0.29) is 12.5 Å². The van der Waals surface area contributed by atoms with Gasteiger partial charge in [0.1, 0.15) is 10.6 Å². The number of rotatable bonds is 6. The first-order valence-electron chi connectivity index (χ1n) is 10.7. The highest BCUT2D eigenvalue weighted by molar-refractivity contribution is 7.15. The molecule has 1 amide bonds. The average Bonchev–Trinajstić information content (AvgIpc) is 3.22. The molecule has 1 N–H and O–H groups in total. The summed E-state index contributed by atoms with van der Waals surface area (Å²) in [6.07, 6.45) is 7.71. The van der Waals surface area contributed by atoms with Crippen molar-refractivity contribution >= 4 is 45.9 Å². The van der Waals surface area contributed by atoms with E-state index in [9.17, 15) is 9.59 Å². The summed E-state index contributed by atoms with van der Waals surface area (Å²) in [5.74, 6) is -0.747. The Hall–Kier alpha value is -2.89. The van der Waals surface area contributed by atoms with Crippen LogP contribution in [0.5, 0.6) is 0 Å². The monoisotopic (exact) mass is 465 g/mol. The molecule has 1 aliphatic rings. The third-order valence-electron chi connectivity index (χ3n) is 5.46. The van der Waals surface area contributed by atoms with Gasteiger partial charge in [0.25, 0.3) is 0 Å². The summed E-state index contributed by atoms with van der Waals surface area (Å²) in [5, 5.41) is 5.89. The molecule has 6 heteroatoms. The van der Waals surface area contributed by atoms with Crippen molar-refractivity contribution < 1.29 is 14.3 Å². The molecule has 0 saturated heterocycles. The molecule has 0 radical (unpaired) electrons. The lowest BCUT2D eigenvalue weighted by atomic mass is 9.89. The van der Waals surface area contributed by atoms with Gasteiger partial charge in [-0.25, -0.2) is 4.79 Å². The number of ether oxygens (including phenoxy) is 1. The fourth-order valence-corrected chi connectivity index (χ4v) is 4.95. The zero-order valence-electron chi connectivity index (χ0n) is 17.8. The molecule has 0 unspecified atom stereocenters. The fraction of sp³-hybridized carbons (Fsp3) is 0.231. The molecule has 0 fully saturated rings. The predicted molar refractivity (Wildman–Crippen MR) is 131 cm³/mol. The normalized spacial score (nSPS) is 13.1. The van der Waals surface area contributed by atoms with Crippen LogP contribution in [0.4, 0.5) is 5.00 Å². The number of hydrogen-bond donors (Lipinski definition) is 1. The van der Waals surface area contributed by atoms with Crippen molar-refractivity contribution in [1.82, 2.24) is 0 Å². The Bertz CT molecular complexity index is 1160. The number of benzene rings is 2. The number of aryl methyl sites for hydroxylation is 2. The van der Waals surface area contributed by atoms with Gasteiger partial charge in [0.15, 0.2) is 0 Å². The van der Waals surface area contributed by atoms with E-state index in [1.807, 2.05) is 17.5 Å². The lowest BCUT2D eigenvalue weighted by Crippen LogP contribution is -2.12. The van der Waals surface area contributed by atoms with E-state index < -0.39 is 5.97 Å². The number of fused-ring (bicyclic) bond motifs is 1. The van der Waals surface area contributed by atoms with Gasteiger partial charge in [0, 0.05) is 22.0 Å². The minimum atomic E-state index is -0.432. The Balaban J connectivity index is 1.61. The van der Waals surface area contributed by atoms with Crippen molar-refractivity contribution in [3.05, 3.63) is 81.2 Å². The number of anilines is 1. The van der Waals surface area contributed by atoms with Crippen molar-refractivity contribution in [2.75, 3.05) is 11.9 Å². The second kappa shape index (κ2) is 10.2. The molecule has 4 nitrogen and oxygen atoms in total. The predicted octanol–water partition coefficient (Wildman–Crippen LogP) is 6.78. The van der Waals surface area contributed by atoms with E-state index in [2.05, 4.69) is 23.5 Å². The van der Waals surface area contributed by atoms with Crippen LogP contribution in [-0.4, -0.2) is 18.5 Å². The van der Waals surface area contributed by atoms with Gasteiger partial charge in [-0.2, -0.15) is 0 Å². The molecule has 32 heavy (non-hydrogen) atoms. The molecule has 4 rings (SSSR count). The lowest BCUT2D eigenvalue weighted by molar-refractivity contribution is -0.111. The number of esters is 1. The lowest BCUT2D eigenvalue weighted by Gasteiger charge is -2.17. The molecule has 1 aromatic heterocycles. The number of carbonyl (C=O) groups is 2. The van der Waals surface area contributed by atoms with Gasteiger partial charge in [0.05, 0.1) is 6.61 Å². The third-order valence-corrected chi connectivity index (χ3v) is 6.61. The fourth-order valence-electron chi connectivity index (χ4n) is 3.87. The van der Waals surface area contributed by atoms with Gasteiger partial charge >= 0.3 is 5.97 Å². The minimum Gasteiger partial charge on any atom is -0.462 e. The van der Waals surface area contributed by atoms with Gasteiger partial charge in [-0.1, -0.05) is 41.9 Å². The van der Waals surface area contributed by atoms with E-state index in [4.69, 9.17) is 16.3 Å². The Morgan fingerprint density at radius 1 is 1.09 bits per heavy atom. The quantitative estimate of drug-likeness (QED) is 0.322. The molecule has 0 atom stereocenters. The molecule has 0 saturated carbocycles. The maximum Gasteiger partial charge on any atom is 0.341 e. The topological polar surface area (TPSA) is 55.4 Å². The molecule has 164 valence electrons. The summed E-state index contributed by atoms with van der Waals surface area (Å²) in [5.41, 5.74) is 5.75. The summed E-state index contributed by atoms with van der Waals surface area (Å²) in [6.45, 7) is 2.04. The number of amides is 1. The average molecular weight is 466 g/mol. The minimum absolute atomic E-state index is 0.266. The highest BCUT2D eigenvalue weighted by Gasteiger charge is 2.23. The molecule has 1 aliphatic carbocycles. The third kappa shape index (κ3) is 5.12. The van der Waals surface area contributed by atoms with Gasteiger partial charge in [-0.15, -0.1) is 11.3 Å². The maximum absolute atomic E-state index is 12.8. The summed E-state index contributed by atoms with van der Waals surface area (Å²) in [4.78, 5) is 25.4. The number of nitrogens with one attached hydrogen (secondary N) is 1. The summed E-state index contributed by atoms with van der Waals surface area (Å²) in [6, 6.07) is 13.6. The first kappa shape index (κ1) is 22.3. The summed E-state index contributed by atoms with van der Waals surface area (Å²) >= 11 is 7.23. The zero-order chi connectivity index (χ0) is 22.5. The SMILES string of the molecule is CCOC(=O)c1c(-c2ccc3c(c2)CCCC3)csc1NC(=O)/C=C/c1ccc(Cl)cc1.